The fourth-order valence-corrected chi connectivity index (χ4v) is 3.12. The first-order valence-corrected chi connectivity index (χ1v) is 9.82. The molecule has 0 amide bonds. The Labute approximate surface area is 132 Å². The van der Waals surface area contributed by atoms with Gasteiger partial charge in [-0.05, 0) is 39.2 Å². The van der Waals surface area contributed by atoms with Crippen LogP contribution in [0.25, 0.3) is 0 Å². The molecule has 0 bridgehead atoms. The van der Waals surface area contributed by atoms with Gasteiger partial charge < -0.3 is 24.0 Å². The molecule has 0 unspecified atom stereocenters. The number of hydrogen-bond donors (Lipinski definition) is 0. The summed E-state index contributed by atoms with van der Waals surface area (Å²) in [6.07, 6.45) is 11.4. The summed E-state index contributed by atoms with van der Waals surface area (Å²) >= 11 is 0. The van der Waals surface area contributed by atoms with Gasteiger partial charge in [-0.1, -0.05) is 49.6 Å². The quantitative estimate of drug-likeness (QED) is 0.351. The molecule has 0 radical (unpaired) electrons. The Morgan fingerprint density at radius 1 is 0.778 bits per heavy atom. The number of rotatable bonds is 9. The van der Waals surface area contributed by atoms with Gasteiger partial charge >= 0.3 is 0 Å². The molecule has 0 aliphatic heterocycles. The summed E-state index contributed by atoms with van der Waals surface area (Å²) in [6.45, 7) is 4.84. The molecule has 2 heteroatoms. The Bertz CT molecular complexity index is 272. The third kappa shape index (κ3) is 10.3. The molecule has 0 fully saturated rings. The lowest BCUT2D eigenvalue weighted by Crippen LogP contribution is -3.00. The van der Waals surface area contributed by atoms with E-state index in [2.05, 4.69) is 43.7 Å². The molecule has 18 heavy (non-hydrogen) atoms. The maximum Gasteiger partial charge on any atom is 0.0566 e. The third-order valence-corrected chi connectivity index (χ3v) is 4.59. The summed E-state index contributed by atoms with van der Waals surface area (Å²) in [5, 5.41) is 0. The third-order valence-electron chi connectivity index (χ3n) is 3.24. The van der Waals surface area contributed by atoms with E-state index in [1.165, 1.54) is 56.7 Å². The number of hydrogen-bond acceptors (Lipinski definition) is 0. The molecule has 0 aliphatic rings. The first kappa shape index (κ1) is 18.4. The van der Waals surface area contributed by atoms with E-state index in [-0.39, 0.29) is 31.9 Å². The van der Waals surface area contributed by atoms with Crippen molar-refractivity contribution in [3.8, 4) is 0 Å². The highest BCUT2D eigenvalue weighted by atomic mass is 127. The first-order chi connectivity index (χ1) is 8.29. The van der Waals surface area contributed by atoms with E-state index in [4.69, 9.17) is 0 Å². The topological polar surface area (TPSA) is 0 Å². The zero-order valence-electron chi connectivity index (χ0n) is 11.9. The van der Waals surface area contributed by atoms with E-state index in [1.54, 1.807) is 0 Å². The van der Waals surface area contributed by atoms with Crippen LogP contribution in [0.4, 0.5) is 0 Å². The van der Waals surface area contributed by atoms with Gasteiger partial charge in [0.05, 0.1) is 6.16 Å². The Morgan fingerprint density at radius 3 is 1.94 bits per heavy atom. The van der Waals surface area contributed by atoms with Crippen LogP contribution in [0.3, 0.4) is 0 Å². The molecule has 1 rings (SSSR count). The van der Waals surface area contributed by atoms with Gasteiger partial charge in [-0.2, -0.15) is 0 Å². The van der Waals surface area contributed by atoms with Crippen molar-refractivity contribution >= 4 is 7.92 Å². The predicted octanol–water partition coefficient (Wildman–Crippen LogP) is 2.05. The van der Waals surface area contributed by atoms with Crippen molar-refractivity contribution in [3.63, 3.8) is 0 Å². The van der Waals surface area contributed by atoms with Crippen LogP contribution in [0.1, 0.15) is 44.1 Å². The van der Waals surface area contributed by atoms with Crippen molar-refractivity contribution in [2.45, 2.75) is 44.9 Å². The molecule has 0 saturated heterocycles. The van der Waals surface area contributed by atoms with Crippen LogP contribution >= 0.6 is 7.92 Å². The van der Waals surface area contributed by atoms with E-state index >= 15 is 0 Å². The van der Waals surface area contributed by atoms with Gasteiger partial charge in [-0.25, -0.2) is 0 Å². The van der Waals surface area contributed by atoms with Crippen molar-refractivity contribution < 1.29 is 24.0 Å². The predicted molar refractivity (Wildman–Crippen MR) is 82.9 cm³/mol. The van der Waals surface area contributed by atoms with Gasteiger partial charge in [0, 0.05) is 13.3 Å². The van der Waals surface area contributed by atoms with Crippen LogP contribution in [0.2, 0.25) is 0 Å². The molecule has 0 aromatic heterocycles. The fourth-order valence-electron chi connectivity index (χ4n) is 2.16. The zero-order chi connectivity index (χ0) is 12.3. The summed E-state index contributed by atoms with van der Waals surface area (Å²) in [5.41, 5.74) is 1.50. The van der Waals surface area contributed by atoms with Crippen molar-refractivity contribution in [1.29, 1.82) is 0 Å². The maximum atomic E-state index is 2.42. The minimum atomic E-state index is 0. The highest BCUT2D eigenvalue weighted by Crippen LogP contribution is 2.26. The summed E-state index contributed by atoms with van der Waals surface area (Å²) in [5.74, 6) is 0. The second-order valence-corrected chi connectivity index (χ2v) is 8.23. The first-order valence-electron chi connectivity index (χ1n) is 7.12. The van der Waals surface area contributed by atoms with E-state index in [0.29, 0.717) is 0 Å². The summed E-state index contributed by atoms with van der Waals surface area (Å²) in [6, 6.07) is 10.9. The normalized spacial score (nSPS) is 10.4. The second-order valence-electron chi connectivity index (χ2n) is 5.31. The van der Waals surface area contributed by atoms with Crippen LogP contribution in [-0.4, -0.2) is 19.5 Å². The highest BCUT2D eigenvalue weighted by Gasteiger charge is 1.99. The Hall–Kier alpha value is 0.380. The average molecular weight is 378 g/mol. The smallest absolute Gasteiger partial charge is 0.0566 e. The molecule has 0 aliphatic carbocycles. The molecule has 0 heterocycles. The lowest BCUT2D eigenvalue weighted by Gasteiger charge is -2.02. The summed E-state index contributed by atoms with van der Waals surface area (Å²) in [4.78, 5) is 0. The van der Waals surface area contributed by atoms with E-state index in [9.17, 15) is 0 Å². The molecule has 104 valence electrons. The number of benzene rings is 1. The van der Waals surface area contributed by atoms with E-state index in [1.807, 2.05) is 0 Å². The Balaban J connectivity index is 0.00000289. The average Bonchev–Trinajstić information content (AvgIpc) is 2.33. The van der Waals surface area contributed by atoms with E-state index < -0.39 is 0 Å². The lowest BCUT2D eigenvalue weighted by atomic mass is 10.1. The van der Waals surface area contributed by atoms with Gasteiger partial charge in [0.1, 0.15) is 0 Å². The lowest BCUT2D eigenvalue weighted by molar-refractivity contribution is -0.00000373. The van der Waals surface area contributed by atoms with E-state index in [0.717, 1.165) is 0 Å². The molecular formula is C16H28IP. The van der Waals surface area contributed by atoms with Crippen LogP contribution in [0.5, 0.6) is 0 Å². The molecule has 0 atom stereocenters. The van der Waals surface area contributed by atoms with Crippen molar-refractivity contribution in [1.82, 2.24) is 0 Å². The Morgan fingerprint density at radius 2 is 1.33 bits per heavy atom. The maximum absolute atomic E-state index is 2.42. The van der Waals surface area contributed by atoms with Crippen molar-refractivity contribution in [3.05, 3.63) is 35.9 Å². The molecular weight excluding hydrogens is 350 g/mol. The second kappa shape index (κ2) is 12.4. The number of unbranched alkanes of at least 4 members (excludes halogenated alkanes) is 5. The number of aryl methyl sites for hydroxylation is 1. The minimum Gasteiger partial charge on any atom is -1.00 e. The standard InChI is InChI=1S/C16H27P.HI/c1-17(2)15-11-6-4-3-5-8-12-16-13-9-7-10-14-16;/h7,9-10,13-14H,3-6,8,11-12,15H2,1-2H3;1H. The van der Waals surface area contributed by atoms with Crippen molar-refractivity contribution in [2.75, 3.05) is 19.5 Å². The molecule has 0 nitrogen and oxygen atoms in total. The van der Waals surface area contributed by atoms with Crippen LogP contribution in [0, 0.1) is 0 Å². The molecule has 1 aromatic rings. The molecule has 0 saturated carbocycles. The highest BCUT2D eigenvalue weighted by molar-refractivity contribution is 7.55. The summed E-state index contributed by atoms with van der Waals surface area (Å²) in [7, 11) is 0.0326. The van der Waals surface area contributed by atoms with Gasteiger partial charge in [-0.15, -0.1) is 0 Å². The van der Waals surface area contributed by atoms with Gasteiger partial charge in [0.2, 0.25) is 0 Å². The molecule has 0 N–H and O–H groups in total. The number of halogens is 1. The van der Waals surface area contributed by atoms with Crippen LogP contribution < -0.4 is 24.0 Å². The SMILES string of the molecule is C[PH+](C)CCCCCCCCc1ccccc1.[I-]. The molecule has 1 aromatic carbocycles. The van der Waals surface area contributed by atoms with Crippen LogP contribution in [0.15, 0.2) is 30.3 Å². The largest absolute Gasteiger partial charge is 1.00 e. The molecule has 0 spiro atoms. The zero-order valence-corrected chi connectivity index (χ0v) is 15.1. The summed E-state index contributed by atoms with van der Waals surface area (Å²) < 4.78 is 0. The van der Waals surface area contributed by atoms with Crippen LogP contribution in [-0.2, 0) is 6.42 Å². The van der Waals surface area contributed by atoms with Gasteiger partial charge in [0.15, 0.2) is 0 Å². The van der Waals surface area contributed by atoms with Crippen molar-refractivity contribution in [2.24, 2.45) is 0 Å². The van der Waals surface area contributed by atoms with Gasteiger partial charge in [0.25, 0.3) is 0 Å². The fraction of sp³-hybridized carbons (Fsp3) is 0.625. The minimum absolute atomic E-state index is 0. The monoisotopic (exact) mass is 378 g/mol. The van der Waals surface area contributed by atoms with Gasteiger partial charge in [-0.3, -0.25) is 0 Å². The Kier molecular flexibility index (Phi) is 12.7.